The van der Waals surface area contributed by atoms with E-state index in [4.69, 9.17) is 14.5 Å². The Morgan fingerprint density at radius 3 is 2.85 bits per heavy atom. The Balaban J connectivity index is 0.00000261. The molecule has 3 rings (SSSR count). The van der Waals surface area contributed by atoms with Crippen LogP contribution in [0.15, 0.2) is 23.2 Å². The molecule has 0 aromatic heterocycles. The molecule has 0 radical (unpaired) electrons. The second kappa shape index (κ2) is 9.32. The van der Waals surface area contributed by atoms with Crippen molar-refractivity contribution in [2.24, 2.45) is 16.3 Å². The molecule has 152 valence electrons. The van der Waals surface area contributed by atoms with Gasteiger partial charge in [0.05, 0.1) is 19.3 Å². The normalized spacial score (nSPS) is 25.8. The summed E-state index contributed by atoms with van der Waals surface area (Å²) in [6.07, 6.45) is 1.47. The van der Waals surface area contributed by atoms with Gasteiger partial charge in [0, 0.05) is 30.5 Å². The second-order valence-electron chi connectivity index (χ2n) is 7.62. The Bertz CT molecular complexity index is 666. The number of aliphatic imine (C=N–C) groups is 1. The van der Waals surface area contributed by atoms with Gasteiger partial charge in [0.1, 0.15) is 0 Å². The molecule has 6 nitrogen and oxygen atoms in total. The van der Waals surface area contributed by atoms with Crippen LogP contribution in [0.3, 0.4) is 0 Å². The summed E-state index contributed by atoms with van der Waals surface area (Å²) in [5.74, 6) is 2.05. The Labute approximate surface area is 179 Å². The van der Waals surface area contributed by atoms with Crippen molar-refractivity contribution >= 4 is 29.9 Å². The second-order valence-corrected chi connectivity index (χ2v) is 7.62. The number of ether oxygens (including phenoxy) is 2. The van der Waals surface area contributed by atoms with Crippen molar-refractivity contribution in [3.05, 3.63) is 23.8 Å². The van der Waals surface area contributed by atoms with E-state index in [2.05, 4.69) is 31.4 Å². The summed E-state index contributed by atoms with van der Waals surface area (Å²) in [6, 6.07) is 5.75. The van der Waals surface area contributed by atoms with Crippen LogP contribution in [-0.4, -0.2) is 43.0 Å². The predicted octanol–water partition coefficient (Wildman–Crippen LogP) is 3.28. The van der Waals surface area contributed by atoms with Crippen molar-refractivity contribution in [1.29, 1.82) is 0 Å². The number of phenolic OH excluding ortho intramolecular Hbond substituents is 1. The molecule has 2 aliphatic rings. The van der Waals surface area contributed by atoms with Crippen molar-refractivity contribution in [2.75, 3.05) is 19.8 Å². The van der Waals surface area contributed by atoms with Gasteiger partial charge in [-0.25, -0.2) is 4.99 Å². The summed E-state index contributed by atoms with van der Waals surface area (Å²) in [5.41, 5.74) is 1.11. The zero-order valence-electron chi connectivity index (χ0n) is 16.6. The van der Waals surface area contributed by atoms with E-state index in [1.807, 2.05) is 19.1 Å². The largest absolute Gasteiger partial charge is 0.504 e. The monoisotopic (exact) mass is 489 g/mol. The average molecular weight is 489 g/mol. The molecular formula is C20H32IN3O3. The fraction of sp³-hybridized carbons (Fsp3) is 0.650. The van der Waals surface area contributed by atoms with Gasteiger partial charge < -0.3 is 25.2 Å². The molecule has 3 atom stereocenters. The summed E-state index contributed by atoms with van der Waals surface area (Å²) in [6.45, 7) is 11.2. The number of hydrogen-bond donors (Lipinski definition) is 3. The van der Waals surface area contributed by atoms with Crippen LogP contribution in [0.4, 0.5) is 0 Å². The Morgan fingerprint density at radius 1 is 1.37 bits per heavy atom. The number of aromatic hydroxyl groups is 1. The third-order valence-electron chi connectivity index (χ3n) is 5.48. The highest BCUT2D eigenvalue weighted by Crippen LogP contribution is 2.52. The van der Waals surface area contributed by atoms with E-state index < -0.39 is 0 Å². The fourth-order valence-electron chi connectivity index (χ4n) is 4.18. The molecule has 1 aliphatic carbocycles. The highest BCUT2D eigenvalue weighted by Gasteiger charge is 2.59. The number of nitrogens with one attached hydrogen (secondary N) is 2. The molecule has 1 saturated carbocycles. The van der Waals surface area contributed by atoms with Gasteiger partial charge in [-0.3, -0.25) is 0 Å². The van der Waals surface area contributed by atoms with E-state index in [1.54, 1.807) is 6.07 Å². The maximum atomic E-state index is 9.83. The molecule has 1 aromatic carbocycles. The van der Waals surface area contributed by atoms with Crippen LogP contribution in [0, 0.1) is 11.3 Å². The number of guanidine groups is 1. The first kappa shape index (κ1) is 22.1. The quantitative estimate of drug-likeness (QED) is 0.325. The minimum atomic E-state index is 0. The van der Waals surface area contributed by atoms with Crippen LogP contribution < -0.4 is 15.4 Å². The van der Waals surface area contributed by atoms with Crippen LogP contribution >= 0.6 is 24.0 Å². The summed E-state index contributed by atoms with van der Waals surface area (Å²) in [7, 11) is 0. The highest BCUT2D eigenvalue weighted by molar-refractivity contribution is 14.0. The van der Waals surface area contributed by atoms with Crippen LogP contribution in [0.25, 0.3) is 0 Å². The lowest BCUT2D eigenvalue weighted by atomic mass is 9.57. The highest BCUT2D eigenvalue weighted by atomic mass is 127. The summed E-state index contributed by atoms with van der Waals surface area (Å²) < 4.78 is 11.3. The van der Waals surface area contributed by atoms with Crippen LogP contribution in [-0.2, 0) is 11.3 Å². The zero-order chi connectivity index (χ0) is 18.7. The summed E-state index contributed by atoms with van der Waals surface area (Å²) in [4.78, 5) is 4.73. The topological polar surface area (TPSA) is 75.1 Å². The van der Waals surface area contributed by atoms with Gasteiger partial charge in [0.15, 0.2) is 17.5 Å². The number of nitrogens with zero attached hydrogens (tertiary/aromatic N) is 1. The lowest BCUT2D eigenvalue weighted by Gasteiger charge is -2.54. The SMILES string of the molecule is CCNC(=NCc1ccc(O)c(OCC)c1)NC1C2CCOC2C1(C)C.I. The summed E-state index contributed by atoms with van der Waals surface area (Å²) >= 11 is 0. The van der Waals surface area contributed by atoms with Gasteiger partial charge in [-0.1, -0.05) is 19.9 Å². The smallest absolute Gasteiger partial charge is 0.191 e. The number of fused-ring (bicyclic) bond motifs is 1. The molecule has 0 spiro atoms. The molecule has 0 amide bonds. The maximum absolute atomic E-state index is 9.83. The molecule has 1 saturated heterocycles. The van der Waals surface area contributed by atoms with Crippen molar-refractivity contribution < 1.29 is 14.6 Å². The van der Waals surface area contributed by atoms with Gasteiger partial charge in [0.25, 0.3) is 0 Å². The predicted molar refractivity (Wildman–Crippen MR) is 118 cm³/mol. The number of halogens is 1. The molecule has 3 N–H and O–H groups in total. The van der Waals surface area contributed by atoms with E-state index >= 15 is 0 Å². The van der Waals surface area contributed by atoms with Crippen LogP contribution in [0.1, 0.15) is 39.7 Å². The minimum Gasteiger partial charge on any atom is -0.504 e. The van der Waals surface area contributed by atoms with Gasteiger partial charge in [-0.2, -0.15) is 0 Å². The zero-order valence-corrected chi connectivity index (χ0v) is 18.9. The van der Waals surface area contributed by atoms with Gasteiger partial charge in [-0.15, -0.1) is 24.0 Å². The molecule has 1 aromatic rings. The molecule has 7 heteroatoms. The van der Waals surface area contributed by atoms with E-state index in [0.29, 0.717) is 37.0 Å². The molecule has 1 aliphatic heterocycles. The number of hydrogen-bond acceptors (Lipinski definition) is 4. The minimum absolute atomic E-state index is 0. The van der Waals surface area contributed by atoms with Crippen molar-refractivity contribution in [1.82, 2.24) is 10.6 Å². The van der Waals surface area contributed by atoms with Crippen molar-refractivity contribution in [3.63, 3.8) is 0 Å². The van der Waals surface area contributed by atoms with Crippen LogP contribution in [0.2, 0.25) is 0 Å². The van der Waals surface area contributed by atoms with Gasteiger partial charge in [-0.05, 0) is 38.0 Å². The molecule has 2 fully saturated rings. The van der Waals surface area contributed by atoms with Crippen molar-refractivity contribution in [3.8, 4) is 11.5 Å². The van der Waals surface area contributed by atoms with E-state index in [0.717, 1.165) is 31.1 Å². The standard InChI is InChI=1S/C20H31N3O3.HI/c1-5-21-19(23-17-14-9-10-26-18(14)20(17,3)4)22-12-13-7-8-15(24)16(11-13)25-6-2;/h7-8,11,14,17-18,24H,5-6,9-10,12H2,1-4H3,(H2,21,22,23);1H. The molecule has 1 heterocycles. The first-order chi connectivity index (χ1) is 12.5. The Morgan fingerprint density at radius 2 is 2.15 bits per heavy atom. The molecular weight excluding hydrogens is 457 g/mol. The third kappa shape index (κ3) is 4.62. The van der Waals surface area contributed by atoms with Crippen LogP contribution in [0.5, 0.6) is 11.5 Å². The molecule has 27 heavy (non-hydrogen) atoms. The molecule has 0 bridgehead atoms. The first-order valence-electron chi connectivity index (χ1n) is 9.58. The average Bonchev–Trinajstić information content (AvgIpc) is 3.07. The third-order valence-corrected chi connectivity index (χ3v) is 5.48. The lowest BCUT2D eigenvalue weighted by Crippen LogP contribution is -2.67. The Hall–Kier alpha value is -1.22. The lowest BCUT2D eigenvalue weighted by molar-refractivity contribution is -0.106. The maximum Gasteiger partial charge on any atom is 0.191 e. The van der Waals surface area contributed by atoms with E-state index in [9.17, 15) is 5.11 Å². The number of phenols is 1. The number of rotatable bonds is 6. The van der Waals surface area contributed by atoms with Gasteiger partial charge in [0.2, 0.25) is 0 Å². The molecule has 3 unspecified atom stereocenters. The van der Waals surface area contributed by atoms with Crippen molar-refractivity contribution in [2.45, 2.75) is 52.8 Å². The number of benzene rings is 1. The van der Waals surface area contributed by atoms with E-state index in [1.165, 1.54) is 0 Å². The first-order valence-corrected chi connectivity index (χ1v) is 9.58. The fourth-order valence-corrected chi connectivity index (χ4v) is 4.18. The van der Waals surface area contributed by atoms with E-state index in [-0.39, 0.29) is 35.1 Å². The summed E-state index contributed by atoms with van der Waals surface area (Å²) in [5, 5.41) is 16.8. The van der Waals surface area contributed by atoms with Gasteiger partial charge >= 0.3 is 0 Å². The Kier molecular flexibility index (Phi) is 7.62.